The largest absolute Gasteiger partial charge is 0.458 e. The fraction of sp³-hybridized carbons (Fsp3) is 0.783. The summed E-state index contributed by atoms with van der Waals surface area (Å²) in [6.45, 7) is 4.91. The number of carbonyl (C=O) groups is 3. The summed E-state index contributed by atoms with van der Waals surface area (Å²) in [5, 5.41) is 22.3. The van der Waals surface area contributed by atoms with Crippen molar-refractivity contribution in [3.05, 3.63) is 11.6 Å². The van der Waals surface area contributed by atoms with E-state index in [2.05, 4.69) is 6.92 Å². The van der Waals surface area contributed by atoms with Crippen LogP contribution in [0.2, 0.25) is 0 Å². The summed E-state index contributed by atoms with van der Waals surface area (Å²) < 4.78 is 4.86. The number of hydrogen-bond acceptors (Lipinski definition) is 6. The Morgan fingerprint density at radius 3 is 2.59 bits per heavy atom. The van der Waals surface area contributed by atoms with Crippen molar-refractivity contribution < 1.29 is 29.3 Å². The lowest BCUT2D eigenvalue weighted by molar-refractivity contribution is -0.181. The number of Topliss-reactive ketones (excluding diaryl/α,β-unsaturated/α-hetero) is 1. The number of allylic oxidation sites excluding steroid dienone is 1. The minimum absolute atomic E-state index is 0.00837. The predicted molar refractivity (Wildman–Crippen MR) is 105 cm³/mol. The normalized spacial score (nSPS) is 46.2. The highest BCUT2D eigenvalue weighted by Crippen LogP contribution is 2.67. The van der Waals surface area contributed by atoms with Crippen LogP contribution in [0.15, 0.2) is 11.6 Å². The molecule has 0 saturated heterocycles. The van der Waals surface area contributed by atoms with Gasteiger partial charge in [-0.3, -0.25) is 14.4 Å². The zero-order chi connectivity index (χ0) is 21.2. The number of hydrogen-bond donors (Lipinski definition) is 2. The first-order valence-electron chi connectivity index (χ1n) is 10.8. The van der Waals surface area contributed by atoms with Crippen LogP contribution in [-0.2, 0) is 19.1 Å². The van der Waals surface area contributed by atoms with Crippen LogP contribution in [0.3, 0.4) is 0 Å². The van der Waals surface area contributed by atoms with Gasteiger partial charge in [0.15, 0.2) is 18.0 Å². The smallest absolute Gasteiger partial charge is 0.303 e. The maximum atomic E-state index is 12.9. The van der Waals surface area contributed by atoms with Gasteiger partial charge >= 0.3 is 5.97 Å². The van der Waals surface area contributed by atoms with E-state index < -0.39 is 35.5 Å². The van der Waals surface area contributed by atoms with Gasteiger partial charge in [-0.15, -0.1) is 0 Å². The number of fused-ring (bicyclic) bond motifs is 5. The molecule has 0 aromatic rings. The van der Waals surface area contributed by atoms with Crippen molar-refractivity contribution >= 4 is 17.5 Å². The lowest BCUT2D eigenvalue weighted by Gasteiger charge is -2.58. The lowest BCUT2D eigenvalue weighted by atomic mass is 9.46. The van der Waals surface area contributed by atoms with Gasteiger partial charge in [0.05, 0.1) is 6.10 Å². The highest BCUT2D eigenvalue weighted by atomic mass is 16.5. The summed E-state index contributed by atoms with van der Waals surface area (Å²) in [6.07, 6.45) is 5.80. The van der Waals surface area contributed by atoms with Gasteiger partial charge in [-0.1, -0.05) is 19.4 Å². The van der Waals surface area contributed by atoms with Crippen LogP contribution in [0, 0.1) is 28.6 Å². The molecule has 0 amide bonds. The third kappa shape index (κ3) is 2.78. The molecule has 6 heteroatoms. The fourth-order valence-electron chi connectivity index (χ4n) is 7.36. The van der Waals surface area contributed by atoms with Gasteiger partial charge < -0.3 is 14.9 Å². The number of aliphatic hydroxyl groups is 2. The molecule has 0 aromatic carbocycles. The second kappa shape index (κ2) is 6.74. The van der Waals surface area contributed by atoms with E-state index in [4.69, 9.17) is 4.74 Å². The maximum Gasteiger partial charge on any atom is 0.303 e. The van der Waals surface area contributed by atoms with Gasteiger partial charge in [-0.2, -0.15) is 0 Å². The summed E-state index contributed by atoms with van der Waals surface area (Å²) in [5.74, 6) is -0.237. The van der Waals surface area contributed by atoms with E-state index in [1.165, 1.54) is 12.5 Å². The van der Waals surface area contributed by atoms with Crippen molar-refractivity contribution in [2.24, 2.45) is 28.6 Å². The van der Waals surface area contributed by atoms with Crippen molar-refractivity contribution in [3.63, 3.8) is 0 Å². The second-order valence-corrected chi connectivity index (χ2v) is 10.1. The number of ether oxygens (including phenoxy) is 1. The molecule has 0 heterocycles. The molecule has 2 N–H and O–H groups in total. The van der Waals surface area contributed by atoms with E-state index in [1.807, 2.05) is 13.0 Å². The van der Waals surface area contributed by atoms with Crippen molar-refractivity contribution in [1.29, 1.82) is 0 Å². The van der Waals surface area contributed by atoms with Gasteiger partial charge in [0.1, 0.15) is 0 Å². The van der Waals surface area contributed by atoms with Crippen molar-refractivity contribution in [2.45, 2.75) is 77.4 Å². The SMILES string of the molecule is CC(=O)OCC(=O)[C@@]1(O)[C@H](O)C[C@H]2[C@@H]3CCC4=CC(=O)CC[C@]4(C)[C@H]3CC[C@@]21C. The molecule has 4 aliphatic carbocycles. The zero-order valence-electron chi connectivity index (χ0n) is 17.6. The van der Waals surface area contributed by atoms with Gasteiger partial charge in [0, 0.05) is 18.8 Å². The molecule has 4 rings (SSSR count). The Labute approximate surface area is 171 Å². The summed E-state index contributed by atoms with van der Waals surface area (Å²) >= 11 is 0. The molecule has 0 radical (unpaired) electrons. The van der Waals surface area contributed by atoms with Gasteiger partial charge in [-0.05, 0) is 67.8 Å². The van der Waals surface area contributed by atoms with Gasteiger partial charge in [-0.25, -0.2) is 0 Å². The molecule has 7 atom stereocenters. The standard InChI is InChI=1S/C23H32O6/c1-13(24)29-12-20(27)23(28)19(26)11-18-16-5-4-14-10-15(25)6-8-21(14,2)17(16)7-9-22(18,23)3/h10,16-19,26,28H,4-9,11-12H2,1-3H3/t16-,17+,18+,19-,21+,22+,23+/m1/s1. The number of aliphatic hydroxyl groups excluding tert-OH is 1. The van der Waals surface area contributed by atoms with E-state index >= 15 is 0 Å². The first kappa shape index (κ1) is 20.7. The van der Waals surface area contributed by atoms with Crippen LogP contribution >= 0.6 is 0 Å². The molecular weight excluding hydrogens is 372 g/mol. The number of esters is 1. The third-order valence-corrected chi connectivity index (χ3v) is 9.01. The Balaban J connectivity index is 1.64. The molecular formula is C23H32O6. The molecule has 29 heavy (non-hydrogen) atoms. The Morgan fingerprint density at radius 1 is 1.17 bits per heavy atom. The van der Waals surface area contributed by atoms with E-state index in [-0.39, 0.29) is 17.1 Å². The molecule has 3 fully saturated rings. The van der Waals surface area contributed by atoms with Crippen LogP contribution in [0.1, 0.15) is 65.7 Å². The highest BCUT2D eigenvalue weighted by molar-refractivity contribution is 5.92. The van der Waals surface area contributed by atoms with E-state index in [1.54, 1.807) is 0 Å². The molecule has 0 aliphatic heterocycles. The molecule has 0 aromatic heterocycles. The van der Waals surface area contributed by atoms with Crippen molar-refractivity contribution in [2.75, 3.05) is 6.61 Å². The highest BCUT2D eigenvalue weighted by Gasteiger charge is 2.69. The fourth-order valence-corrected chi connectivity index (χ4v) is 7.36. The summed E-state index contributed by atoms with van der Waals surface area (Å²) in [6, 6.07) is 0. The minimum Gasteiger partial charge on any atom is -0.458 e. The Hall–Kier alpha value is -1.53. The van der Waals surface area contributed by atoms with Crippen molar-refractivity contribution in [1.82, 2.24) is 0 Å². The van der Waals surface area contributed by atoms with E-state index in [9.17, 15) is 24.6 Å². The summed E-state index contributed by atoms with van der Waals surface area (Å²) in [5.41, 5.74) is -1.38. The average molecular weight is 405 g/mol. The summed E-state index contributed by atoms with van der Waals surface area (Å²) in [7, 11) is 0. The zero-order valence-corrected chi connectivity index (χ0v) is 17.6. The third-order valence-electron chi connectivity index (χ3n) is 9.01. The average Bonchev–Trinajstić information content (AvgIpc) is 2.88. The van der Waals surface area contributed by atoms with Gasteiger partial charge in [0.2, 0.25) is 5.78 Å². The monoisotopic (exact) mass is 404 g/mol. The first-order valence-corrected chi connectivity index (χ1v) is 10.8. The van der Waals surface area contributed by atoms with Crippen LogP contribution in [0.4, 0.5) is 0 Å². The number of carbonyl (C=O) groups excluding carboxylic acids is 3. The van der Waals surface area contributed by atoms with Crippen LogP contribution in [0.25, 0.3) is 0 Å². The number of rotatable bonds is 3. The molecule has 0 unspecified atom stereocenters. The first-order chi connectivity index (χ1) is 13.5. The lowest BCUT2D eigenvalue weighted by Crippen LogP contribution is -2.61. The molecule has 0 bridgehead atoms. The Morgan fingerprint density at radius 2 is 1.90 bits per heavy atom. The van der Waals surface area contributed by atoms with Crippen LogP contribution in [-0.4, -0.2) is 46.1 Å². The minimum atomic E-state index is -1.89. The summed E-state index contributed by atoms with van der Waals surface area (Å²) in [4.78, 5) is 36.0. The molecule has 4 aliphatic rings. The van der Waals surface area contributed by atoms with E-state index in [0.29, 0.717) is 31.1 Å². The maximum absolute atomic E-state index is 12.9. The van der Waals surface area contributed by atoms with Crippen LogP contribution in [0.5, 0.6) is 0 Å². The Bertz CT molecular complexity index is 786. The van der Waals surface area contributed by atoms with Crippen molar-refractivity contribution in [3.8, 4) is 0 Å². The van der Waals surface area contributed by atoms with E-state index in [0.717, 1.165) is 25.7 Å². The molecule has 0 spiro atoms. The number of ketones is 2. The van der Waals surface area contributed by atoms with Gasteiger partial charge in [0.25, 0.3) is 0 Å². The van der Waals surface area contributed by atoms with Crippen LogP contribution < -0.4 is 0 Å². The quantitative estimate of drug-likeness (QED) is 0.701. The molecule has 6 nitrogen and oxygen atoms in total. The molecule has 3 saturated carbocycles. The predicted octanol–water partition coefficient (Wildman–Crippen LogP) is 2.35. The molecule has 160 valence electrons. The Kier molecular flexibility index (Phi) is 4.82. The second-order valence-electron chi connectivity index (χ2n) is 10.1. The topological polar surface area (TPSA) is 101 Å².